The molecule has 1 fully saturated rings. The van der Waals surface area contributed by atoms with Crippen LogP contribution in [-0.2, 0) is 4.74 Å². The maximum absolute atomic E-state index is 9.48. The van der Waals surface area contributed by atoms with E-state index in [1.54, 1.807) is 0 Å². The van der Waals surface area contributed by atoms with E-state index >= 15 is 0 Å². The zero-order valence-corrected chi connectivity index (χ0v) is 12.2. The highest BCUT2D eigenvalue weighted by molar-refractivity contribution is 4.84. The van der Waals surface area contributed by atoms with E-state index in [0.29, 0.717) is 6.10 Å². The SMILES string of the molecule is CCNC(C)(CO)CCN1CCCC(OCC)C1. The minimum atomic E-state index is -0.146. The van der Waals surface area contributed by atoms with Gasteiger partial charge < -0.3 is 20.1 Å². The van der Waals surface area contributed by atoms with Crippen molar-refractivity contribution >= 4 is 0 Å². The summed E-state index contributed by atoms with van der Waals surface area (Å²) in [5, 5.41) is 12.9. The number of nitrogens with one attached hydrogen (secondary N) is 1. The summed E-state index contributed by atoms with van der Waals surface area (Å²) in [6.07, 6.45) is 3.80. The van der Waals surface area contributed by atoms with Gasteiger partial charge in [0, 0.05) is 25.2 Å². The maximum Gasteiger partial charge on any atom is 0.0702 e. The number of likely N-dealkylation sites (tertiary alicyclic amines) is 1. The van der Waals surface area contributed by atoms with Crippen LogP contribution < -0.4 is 5.32 Å². The molecule has 0 aromatic rings. The normalized spacial score (nSPS) is 25.0. The number of rotatable bonds is 8. The molecule has 1 aliphatic rings. The Morgan fingerprint density at radius 1 is 1.44 bits per heavy atom. The smallest absolute Gasteiger partial charge is 0.0702 e. The van der Waals surface area contributed by atoms with Crippen LogP contribution in [0.1, 0.15) is 40.0 Å². The molecule has 0 aromatic carbocycles. The molecule has 2 N–H and O–H groups in total. The first-order chi connectivity index (χ1) is 8.63. The first-order valence-electron chi connectivity index (χ1n) is 7.33. The lowest BCUT2D eigenvalue weighted by Gasteiger charge is -2.36. The molecule has 1 aliphatic heterocycles. The molecule has 4 nitrogen and oxygen atoms in total. The summed E-state index contributed by atoms with van der Waals surface area (Å²) in [4.78, 5) is 2.47. The Hall–Kier alpha value is -0.160. The molecule has 18 heavy (non-hydrogen) atoms. The van der Waals surface area contributed by atoms with Crippen LogP contribution in [-0.4, -0.2) is 61.0 Å². The van der Waals surface area contributed by atoms with E-state index in [0.717, 1.165) is 39.2 Å². The minimum absolute atomic E-state index is 0.146. The number of ether oxygens (including phenoxy) is 1. The standard InChI is InChI=1S/C14H30N2O2/c1-4-15-14(3,12-17)8-10-16-9-6-7-13(11-16)18-5-2/h13,15,17H,4-12H2,1-3H3. The van der Waals surface area contributed by atoms with Crippen LogP contribution >= 0.6 is 0 Å². The molecule has 0 spiro atoms. The van der Waals surface area contributed by atoms with Crippen LogP contribution in [0.3, 0.4) is 0 Å². The van der Waals surface area contributed by atoms with Crippen LogP contribution in [0, 0.1) is 0 Å². The van der Waals surface area contributed by atoms with Gasteiger partial charge in [-0.25, -0.2) is 0 Å². The predicted octanol–water partition coefficient (Wildman–Crippen LogP) is 1.24. The van der Waals surface area contributed by atoms with Crippen molar-refractivity contribution in [2.75, 3.05) is 39.4 Å². The Bertz CT molecular complexity index is 224. The molecular weight excluding hydrogens is 228 g/mol. The summed E-state index contributed by atoms with van der Waals surface area (Å²) >= 11 is 0. The van der Waals surface area contributed by atoms with Gasteiger partial charge in [-0.15, -0.1) is 0 Å². The van der Waals surface area contributed by atoms with Crippen molar-refractivity contribution in [3.63, 3.8) is 0 Å². The Kier molecular flexibility index (Phi) is 7.15. The molecular formula is C14H30N2O2. The van der Waals surface area contributed by atoms with E-state index in [9.17, 15) is 5.11 Å². The summed E-state index contributed by atoms with van der Waals surface area (Å²) in [5.74, 6) is 0. The molecule has 0 radical (unpaired) electrons. The summed E-state index contributed by atoms with van der Waals surface area (Å²) in [6.45, 7) is 11.4. The van der Waals surface area contributed by atoms with Gasteiger partial charge >= 0.3 is 0 Å². The van der Waals surface area contributed by atoms with E-state index < -0.39 is 0 Å². The third kappa shape index (κ3) is 5.22. The first kappa shape index (κ1) is 15.9. The molecule has 1 rings (SSSR count). The molecule has 0 aromatic heterocycles. The fourth-order valence-corrected chi connectivity index (χ4v) is 2.64. The van der Waals surface area contributed by atoms with Gasteiger partial charge in [0.2, 0.25) is 0 Å². The minimum Gasteiger partial charge on any atom is -0.394 e. The van der Waals surface area contributed by atoms with Gasteiger partial charge in [0.25, 0.3) is 0 Å². The molecule has 2 unspecified atom stereocenters. The largest absolute Gasteiger partial charge is 0.394 e. The second-order valence-corrected chi connectivity index (χ2v) is 5.52. The quantitative estimate of drug-likeness (QED) is 0.687. The Morgan fingerprint density at radius 2 is 2.22 bits per heavy atom. The van der Waals surface area contributed by atoms with Crippen LogP contribution in [0.4, 0.5) is 0 Å². The Morgan fingerprint density at radius 3 is 2.83 bits per heavy atom. The maximum atomic E-state index is 9.48. The zero-order valence-electron chi connectivity index (χ0n) is 12.2. The van der Waals surface area contributed by atoms with E-state index in [2.05, 4.69) is 31.0 Å². The van der Waals surface area contributed by atoms with Crippen molar-refractivity contribution in [2.45, 2.75) is 51.7 Å². The van der Waals surface area contributed by atoms with Crippen molar-refractivity contribution < 1.29 is 9.84 Å². The lowest BCUT2D eigenvalue weighted by atomic mass is 9.97. The average molecular weight is 258 g/mol. The van der Waals surface area contributed by atoms with Gasteiger partial charge in [-0.05, 0) is 46.2 Å². The van der Waals surface area contributed by atoms with Crippen molar-refractivity contribution in [3.8, 4) is 0 Å². The number of nitrogens with zero attached hydrogens (tertiary/aromatic N) is 1. The van der Waals surface area contributed by atoms with Crippen LogP contribution in [0.25, 0.3) is 0 Å². The summed E-state index contributed by atoms with van der Waals surface area (Å²) in [5.41, 5.74) is -0.146. The molecule has 108 valence electrons. The topological polar surface area (TPSA) is 44.7 Å². The van der Waals surface area contributed by atoms with Gasteiger partial charge in [-0.1, -0.05) is 6.92 Å². The lowest BCUT2D eigenvalue weighted by Crippen LogP contribution is -2.49. The zero-order chi connectivity index (χ0) is 13.4. The highest BCUT2D eigenvalue weighted by atomic mass is 16.5. The van der Waals surface area contributed by atoms with Crippen molar-refractivity contribution in [3.05, 3.63) is 0 Å². The van der Waals surface area contributed by atoms with Crippen LogP contribution in [0.2, 0.25) is 0 Å². The van der Waals surface area contributed by atoms with Gasteiger partial charge in [0.15, 0.2) is 0 Å². The summed E-state index contributed by atoms with van der Waals surface area (Å²) < 4.78 is 5.71. The number of hydrogen-bond acceptors (Lipinski definition) is 4. The molecule has 1 saturated heterocycles. The molecule has 0 bridgehead atoms. The van der Waals surface area contributed by atoms with Gasteiger partial charge in [0.1, 0.15) is 0 Å². The van der Waals surface area contributed by atoms with E-state index in [4.69, 9.17) is 4.74 Å². The molecule has 1 heterocycles. The molecule has 0 aliphatic carbocycles. The number of aliphatic hydroxyl groups is 1. The second kappa shape index (κ2) is 8.10. The molecule has 4 heteroatoms. The average Bonchev–Trinajstić information content (AvgIpc) is 2.38. The van der Waals surface area contributed by atoms with Crippen molar-refractivity contribution in [1.29, 1.82) is 0 Å². The molecule has 0 saturated carbocycles. The molecule has 2 atom stereocenters. The Balaban J connectivity index is 2.33. The number of aliphatic hydroxyl groups excluding tert-OH is 1. The summed E-state index contributed by atoms with van der Waals surface area (Å²) in [7, 11) is 0. The highest BCUT2D eigenvalue weighted by Gasteiger charge is 2.25. The van der Waals surface area contributed by atoms with Crippen molar-refractivity contribution in [1.82, 2.24) is 10.2 Å². The monoisotopic (exact) mass is 258 g/mol. The first-order valence-corrected chi connectivity index (χ1v) is 7.33. The van der Waals surface area contributed by atoms with E-state index in [1.807, 2.05) is 0 Å². The molecule has 0 amide bonds. The summed E-state index contributed by atoms with van der Waals surface area (Å²) in [6, 6.07) is 0. The fraction of sp³-hybridized carbons (Fsp3) is 1.00. The van der Waals surface area contributed by atoms with Crippen LogP contribution in [0.5, 0.6) is 0 Å². The Labute approximate surface area is 112 Å². The third-order valence-corrected chi connectivity index (χ3v) is 3.80. The second-order valence-electron chi connectivity index (χ2n) is 5.52. The lowest BCUT2D eigenvalue weighted by molar-refractivity contribution is 0.00274. The number of hydrogen-bond donors (Lipinski definition) is 2. The van der Waals surface area contributed by atoms with Crippen LogP contribution in [0.15, 0.2) is 0 Å². The van der Waals surface area contributed by atoms with Gasteiger partial charge in [0.05, 0.1) is 12.7 Å². The van der Waals surface area contributed by atoms with Crippen molar-refractivity contribution in [2.24, 2.45) is 0 Å². The predicted molar refractivity (Wildman–Crippen MR) is 74.9 cm³/mol. The van der Waals surface area contributed by atoms with E-state index in [-0.39, 0.29) is 12.1 Å². The van der Waals surface area contributed by atoms with E-state index in [1.165, 1.54) is 12.8 Å². The van der Waals surface area contributed by atoms with Gasteiger partial charge in [-0.3, -0.25) is 0 Å². The number of piperidine rings is 1. The number of likely N-dealkylation sites (N-methyl/N-ethyl adjacent to an activating group) is 1. The third-order valence-electron chi connectivity index (χ3n) is 3.80. The fourth-order valence-electron chi connectivity index (χ4n) is 2.64. The highest BCUT2D eigenvalue weighted by Crippen LogP contribution is 2.16. The van der Waals surface area contributed by atoms with Gasteiger partial charge in [-0.2, -0.15) is 0 Å².